The first-order valence-corrected chi connectivity index (χ1v) is 8.98. The summed E-state index contributed by atoms with van der Waals surface area (Å²) in [5, 5.41) is 2.85. The van der Waals surface area contributed by atoms with Crippen LogP contribution in [0, 0.1) is 0 Å². The molecule has 142 valence electrons. The fraction of sp³-hybridized carbons (Fsp3) is 0.238. The third-order valence-electron chi connectivity index (χ3n) is 4.81. The van der Waals surface area contributed by atoms with Gasteiger partial charge in [-0.25, -0.2) is 4.79 Å². The molecule has 4 rings (SSSR count). The Morgan fingerprint density at radius 3 is 2.39 bits per heavy atom. The van der Waals surface area contributed by atoms with E-state index < -0.39 is 23.9 Å². The van der Waals surface area contributed by atoms with Crippen LogP contribution in [-0.2, 0) is 9.53 Å². The van der Waals surface area contributed by atoms with Gasteiger partial charge in [0.25, 0.3) is 17.7 Å². The molecule has 1 atom stereocenters. The minimum atomic E-state index is -1.09. The first kappa shape index (κ1) is 17.9. The summed E-state index contributed by atoms with van der Waals surface area (Å²) in [6, 6.07) is 13.1. The minimum absolute atomic E-state index is 0.107. The largest absolute Gasteiger partial charge is 0.444 e. The van der Waals surface area contributed by atoms with Gasteiger partial charge in [0.05, 0.1) is 16.7 Å². The van der Waals surface area contributed by atoms with E-state index in [9.17, 15) is 19.2 Å². The second-order valence-electron chi connectivity index (χ2n) is 6.91. The van der Waals surface area contributed by atoms with E-state index in [1.54, 1.807) is 30.3 Å². The van der Waals surface area contributed by atoms with E-state index in [2.05, 4.69) is 5.32 Å². The van der Waals surface area contributed by atoms with Gasteiger partial charge < -0.3 is 10.1 Å². The number of nitrogens with one attached hydrogen (secondary N) is 1. The zero-order chi connectivity index (χ0) is 19.8. The first-order chi connectivity index (χ1) is 13.5. The number of rotatable bonds is 5. The third kappa shape index (κ3) is 3.26. The van der Waals surface area contributed by atoms with Crippen molar-refractivity contribution in [3.63, 3.8) is 0 Å². The lowest BCUT2D eigenvalue weighted by Crippen LogP contribution is -2.33. The summed E-state index contributed by atoms with van der Waals surface area (Å²) >= 11 is 0. The summed E-state index contributed by atoms with van der Waals surface area (Å²) in [5.74, 6) is -2.00. The Morgan fingerprint density at radius 1 is 1.04 bits per heavy atom. The normalized spacial score (nSPS) is 16.5. The van der Waals surface area contributed by atoms with Crippen LogP contribution in [0.4, 0.5) is 0 Å². The maximum absolute atomic E-state index is 12.7. The Morgan fingerprint density at radius 2 is 1.71 bits per heavy atom. The van der Waals surface area contributed by atoms with Gasteiger partial charge in [0.2, 0.25) is 6.10 Å². The fourth-order valence-electron chi connectivity index (χ4n) is 3.07. The molecule has 3 amide bonds. The van der Waals surface area contributed by atoms with Crippen LogP contribution in [0.15, 0.2) is 48.5 Å². The van der Waals surface area contributed by atoms with E-state index in [0.717, 1.165) is 17.7 Å². The van der Waals surface area contributed by atoms with Crippen molar-refractivity contribution in [2.24, 2.45) is 0 Å². The van der Waals surface area contributed by atoms with E-state index in [0.29, 0.717) is 5.56 Å². The Bertz CT molecular complexity index is 982. The van der Waals surface area contributed by atoms with Crippen LogP contribution in [0.5, 0.6) is 0 Å². The number of nitrogens with zero attached hydrogens (tertiary/aromatic N) is 1. The van der Waals surface area contributed by atoms with Crippen molar-refractivity contribution in [2.75, 3.05) is 7.05 Å². The van der Waals surface area contributed by atoms with Crippen LogP contribution >= 0.6 is 0 Å². The van der Waals surface area contributed by atoms with E-state index in [-0.39, 0.29) is 28.6 Å². The molecule has 0 spiro atoms. The van der Waals surface area contributed by atoms with E-state index in [1.807, 2.05) is 0 Å². The van der Waals surface area contributed by atoms with Crippen molar-refractivity contribution in [1.82, 2.24) is 10.2 Å². The standard InChI is InChI=1S/C21H18N2O5/c1-23-19(25)15-10-7-13(11-16(15)20(23)26)21(27)28-17(12-5-3-2-4-6-12)18(24)22-14-8-9-14/h2-7,10-11,14,17H,8-9H2,1H3,(H,22,24)/t17-/m1/s1. The van der Waals surface area contributed by atoms with E-state index in [4.69, 9.17) is 4.74 Å². The topological polar surface area (TPSA) is 92.8 Å². The number of ether oxygens (including phenoxy) is 1. The fourth-order valence-corrected chi connectivity index (χ4v) is 3.07. The molecule has 0 bridgehead atoms. The summed E-state index contributed by atoms with van der Waals surface area (Å²) in [4.78, 5) is 50.4. The van der Waals surface area contributed by atoms with Gasteiger partial charge in [0, 0.05) is 18.7 Å². The quantitative estimate of drug-likeness (QED) is 0.635. The molecule has 0 radical (unpaired) electrons. The van der Waals surface area contributed by atoms with Gasteiger partial charge >= 0.3 is 5.97 Å². The Balaban J connectivity index is 1.59. The summed E-state index contributed by atoms with van der Waals surface area (Å²) in [5.41, 5.74) is 1.06. The molecule has 1 aliphatic heterocycles. The Kier molecular flexibility index (Phi) is 4.43. The van der Waals surface area contributed by atoms with Crippen molar-refractivity contribution in [3.8, 4) is 0 Å². The average molecular weight is 378 g/mol. The van der Waals surface area contributed by atoms with E-state index in [1.165, 1.54) is 25.2 Å². The lowest BCUT2D eigenvalue weighted by atomic mass is 10.1. The molecule has 0 saturated heterocycles. The highest BCUT2D eigenvalue weighted by Gasteiger charge is 2.34. The molecular weight excluding hydrogens is 360 g/mol. The number of hydrogen-bond acceptors (Lipinski definition) is 5. The maximum Gasteiger partial charge on any atom is 0.339 e. The number of carbonyl (C=O) groups is 4. The number of imide groups is 1. The molecule has 1 aliphatic carbocycles. The molecule has 7 heteroatoms. The number of benzene rings is 2. The van der Waals surface area contributed by atoms with E-state index >= 15 is 0 Å². The Labute approximate surface area is 161 Å². The van der Waals surface area contributed by atoms with Crippen LogP contribution in [0.1, 0.15) is 55.6 Å². The summed E-state index contributed by atoms with van der Waals surface area (Å²) in [7, 11) is 1.39. The molecule has 2 aromatic rings. The van der Waals surface area contributed by atoms with Crippen molar-refractivity contribution in [3.05, 3.63) is 70.8 Å². The Hall–Kier alpha value is -3.48. The molecule has 0 unspecified atom stereocenters. The molecule has 0 aromatic heterocycles. The summed E-state index contributed by atoms with van der Waals surface area (Å²) in [6.07, 6.45) is 0.730. The summed E-state index contributed by atoms with van der Waals surface area (Å²) in [6.45, 7) is 0. The van der Waals surface area contributed by atoms with Crippen LogP contribution in [0.3, 0.4) is 0 Å². The average Bonchev–Trinajstić information content (AvgIpc) is 3.50. The second kappa shape index (κ2) is 6.92. The molecule has 1 heterocycles. The van der Waals surface area contributed by atoms with Gasteiger partial charge in [-0.05, 0) is 31.0 Å². The summed E-state index contributed by atoms with van der Waals surface area (Å²) < 4.78 is 5.50. The van der Waals surface area contributed by atoms with Crippen molar-refractivity contribution in [1.29, 1.82) is 0 Å². The number of fused-ring (bicyclic) bond motifs is 1. The second-order valence-corrected chi connectivity index (χ2v) is 6.91. The molecule has 28 heavy (non-hydrogen) atoms. The molecule has 7 nitrogen and oxygen atoms in total. The molecule has 1 saturated carbocycles. The van der Waals surface area contributed by atoms with Gasteiger partial charge in [-0.1, -0.05) is 30.3 Å². The smallest absolute Gasteiger partial charge is 0.339 e. The van der Waals surface area contributed by atoms with Crippen LogP contribution < -0.4 is 5.32 Å². The SMILES string of the molecule is CN1C(=O)c2ccc(C(=O)O[C@@H](C(=O)NC3CC3)c3ccccc3)cc2C1=O. The molecule has 1 fully saturated rings. The van der Waals surface area contributed by atoms with Gasteiger partial charge in [0.15, 0.2) is 0 Å². The monoisotopic (exact) mass is 378 g/mol. The van der Waals surface area contributed by atoms with Crippen molar-refractivity contribution in [2.45, 2.75) is 25.0 Å². The third-order valence-corrected chi connectivity index (χ3v) is 4.81. The lowest BCUT2D eigenvalue weighted by Gasteiger charge is -2.18. The van der Waals surface area contributed by atoms with Crippen LogP contribution in [-0.4, -0.2) is 41.7 Å². The molecular formula is C21H18N2O5. The number of esters is 1. The molecule has 2 aromatic carbocycles. The van der Waals surface area contributed by atoms with Crippen molar-refractivity contribution >= 4 is 23.7 Å². The minimum Gasteiger partial charge on any atom is -0.444 e. The highest BCUT2D eigenvalue weighted by Crippen LogP contribution is 2.26. The predicted octanol–water partition coefficient (Wildman–Crippen LogP) is 2.09. The van der Waals surface area contributed by atoms with Gasteiger partial charge in [-0.2, -0.15) is 0 Å². The highest BCUT2D eigenvalue weighted by molar-refractivity contribution is 6.21. The predicted molar refractivity (Wildman–Crippen MR) is 98.6 cm³/mol. The number of amides is 3. The van der Waals surface area contributed by atoms with Crippen molar-refractivity contribution < 1.29 is 23.9 Å². The van der Waals surface area contributed by atoms with Crippen LogP contribution in [0.2, 0.25) is 0 Å². The number of hydrogen-bond donors (Lipinski definition) is 1. The zero-order valence-electron chi connectivity index (χ0n) is 15.2. The molecule has 2 aliphatic rings. The van der Waals surface area contributed by atoms with Gasteiger partial charge in [-0.3, -0.25) is 19.3 Å². The maximum atomic E-state index is 12.7. The van der Waals surface area contributed by atoms with Gasteiger partial charge in [-0.15, -0.1) is 0 Å². The highest BCUT2D eigenvalue weighted by atomic mass is 16.5. The van der Waals surface area contributed by atoms with Gasteiger partial charge in [0.1, 0.15) is 0 Å². The van der Waals surface area contributed by atoms with Crippen LogP contribution in [0.25, 0.3) is 0 Å². The first-order valence-electron chi connectivity index (χ1n) is 8.98. The number of carbonyl (C=O) groups excluding carboxylic acids is 4. The molecule has 1 N–H and O–H groups in total. The zero-order valence-corrected chi connectivity index (χ0v) is 15.2. The lowest BCUT2D eigenvalue weighted by molar-refractivity contribution is -0.130.